The second kappa shape index (κ2) is 5.72. The van der Waals surface area contributed by atoms with E-state index >= 15 is 0 Å². The van der Waals surface area contributed by atoms with Gasteiger partial charge in [-0.15, -0.1) is 0 Å². The van der Waals surface area contributed by atoms with Gasteiger partial charge in [-0.3, -0.25) is 4.90 Å². The van der Waals surface area contributed by atoms with Crippen molar-refractivity contribution in [2.45, 2.75) is 57.4 Å². The van der Waals surface area contributed by atoms with Gasteiger partial charge in [0.1, 0.15) is 0 Å². The van der Waals surface area contributed by atoms with Gasteiger partial charge in [0.2, 0.25) is 0 Å². The smallest absolute Gasteiger partial charge is 0.0244 e. The lowest BCUT2D eigenvalue weighted by atomic mass is 9.95. The summed E-state index contributed by atoms with van der Waals surface area (Å²) in [6.07, 6.45) is 5.14. The van der Waals surface area contributed by atoms with Gasteiger partial charge in [-0.25, -0.2) is 0 Å². The summed E-state index contributed by atoms with van der Waals surface area (Å²) in [6.45, 7) is 13.2. The molecule has 1 aliphatic heterocycles. The molecule has 1 heterocycles. The summed E-state index contributed by atoms with van der Waals surface area (Å²) in [5.41, 5.74) is 0. The van der Waals surface area contributed by atoms with Crippen LogP contribution in [0.15, 0.2) is 0 Å². The molecule has 1 saturated carbocycles. The van der Waals surface area contributed by atoms with Crippen LogP contribution < -0.4 is 5.32 Å². The second-order valence-electron chi connectivity index (χ2n) is 7.06. The van der Waals surface area contributed by atoms with Gasteiger partial charge in [0, 0.05) is 36.5 Å². The van der Waals surface area contributed by atoms with E-state index in [4.69, 9.17) is 0 Å². The SMILES string of the molecule is CSC(C)(C)CN1CC(C2CC2)NCC1C(C)C. The number of thioether (sulfide) groups is 1. The first-order chi connectivity index (χ1) is 8.43. The van der Waals surface area contributed by atoms with E-state index in [1.807, 2.05) is 11.8 Å². The molecular formula is C15H30N2S. The Morgan fingerprint density at radius 1 is 1.33 bits per heavy atom. The van der Waals surface area contributed by atoms with Gasteiger partial charge in [-0.1, -0.05) is 13.8 Å². The lowest BCUT2D eigenvalue weighted by Gasteiger charge is -2.45. The van der Waals surface area contributed by atoms with Crippen molar-refractivity contribution in [2.75, 3.05) is 25.9 Å². The lowest BCUT2D eigenvalue weighted by Crippen LogP contribution is -2.60. The molecule has 0 aromatic rings. The summed E-state index contributed by atoms with van der Waals surface area (Å²) < 4.78 is 0.374. The van der Waals surface area contributed by atoms with E-state index < -0.39 is 0 Å². The number of rotatable bonds is 5. The summed E-state index contributed by atoms with van der Waals surface area (Å²) in [7, 11) is 0. The zero-order valence-electron chi connectivity index (χ0n) is 12.7. The Balaban J connectivity index is 1.99. The third kappa shape index (κ3) is 3.64. The third-order valence-electron chi connectivity index (χ3n) is 4.59. The predicted octanol–water partition coefficient (Wildman–Crippen LogP) is 2.84. The average molecular weight is 270 g/mol. The highest BCUT2D eigenvalue weighted by molar-refractivity contribution is 7.99. The fourth-order valence-electron chi connectivity index (χ4n) is 3.06. The number of nitrogens with one attached hydrogen (secondary N) is 1. The van der Waals surface area contributed by atoms with E-state index in [0.717, 1.165) is 17.9 Å². The first kappa shape index (κ1) is 14.7. The molecule has 1 N–H and O–H groups in total. The van der Waals surface area contributed by atoms with E-state index in [1.165, 1.54) is 32.5 Å². The molecular weight excluding hydrogens is 240 g/mol. The van der Waals surface area contributed by atoms with Gasteiger partial charge < -0.3 is 5.32 Å². The molecule has 2 unspecified atom stereocenters. The summed E-state index contributed by atoms with van der Waals surface area (Å²) in [6, 6.07) is 1.48. The highest BCUT2D eigenvalue weighted by Crippen LogP contribution is 2.35. The highest BCUT2D eigenvalue weighted by Gasteiger charge is 2.39. The van der Waals surface area contributed by atoms with Crippen molar-refractivity contribution in [3.05, 3.63) is 0 Å². The van der Waals surface area contributed by atoms with Crippen molar-refractivity contribution < 1.29 is 0 Å². The highest BCUT2D eigenvalue weighted by atomic mass is 32.2. The largest absolute Gasteiger partial charge is 0.311 e. The van der Waals surface area contributed by atoms with Crippen LogP contribution in [0.3, 0.4) is 0 Å². The first-order valence-corrected chi connectivity index (χ1v) is 8.68. The van der Waals surface area contributed by atoms with Crippen LogP contribution >= 0.6 is 11.8 Å². The molecule has 0 aromatic carbocycles. The molecule has 0 amide bonds. The monoisotopic (exact) mass is 270 g/mol. The maximum atomic E-state index is 3.80. The Morgan fingerprint density at radius 3 is 2.50 bits per heavy atom. The summed E-state index contributed by atoms with van der Waals surface area (Å²) in [5.74, 6) is 1.72. The van der Waals surface area contributed by atoms with Crippen molar-refractivity contribution in [2.24, 2.45) is 11.8 Å². The van der Waals surface area contributed by atoms with Crippen LogP contribution in [0.25, 0.3) is 0 Å². The van der Waals surface area contributed by atoms with Crippen LogP contribution in [0.5, 0.6) is 0 Å². The molecule has 0 spiro atoms. The molecule has 0 radical (unpaired) electrons. The van der Waals surface area contributed by atoms with Gasteiger partial charge in [-0.05, 0) is 44.8 Å². The molecule has 106 valence electrons. The van der Waals surface area contributed by atoms with E-state index in [9.17, 15) is 0 Å². The van der Waals surface area contributed by atoms with Gasteiger partial charge in [-0.2, -0.15) is 11.8 Å². The Bertz CT molecular complexity index is 274. The molecule has 1 saturated heterocycles. The average Bonchev–Trinajstić information content (AvgIpc) is 3.12. The Kier molecular flexibility index (Phi) is 4.66. The van der Waals surface area contributed by atoms with Crippen molar-refractivity contribution in [1.29, 1.82) is 0 Å². The number of hydrogen-bond donors (Lipinski definition) is 1. The molecule has 0 bridgehead atoms. The molecule has 1 aliphatic carbocycles. The van der Waals surface area contributed by atoms with Crippen LogP contribution in [-0.4, -0.2) is 47.6 Å². The van der Waals surface area contributed by atoms with Crippen LogP contribution in [0.2, 0.25) is 0 Å². The molecule has 2 atom stereocenters. The molecule has 2 fully saturated rings. The van der Waals surface area contributed by atoms with Crippen LogP contribution in [0.4, 0.5) is 0 Å². The maximum absolute atomic E-state index is 3.80. The summed E-state index contributed by atoms with van der Waals surface area (Å²) in [4.78, 5) is 2.76. The quantitative estimate of drug-likeness (QED) is 0.827. The summed E-state index contributed by atoms with van der Waals surface area (Å²) >= 11 is 2.00. The Labute approximate surface area is 117 Å². The van der Waals surface area contributed by atoms with Crippen molar-refractivity contribution in [3.8, 4) is 0 Å². The van der Waals surface area contributed by atoms with Crippen molar-refractivity contribution >= 4 is 11.8 Å². The third-order valence-corrected chi connectivity index (χ3v) is 5.82. The molecule has 2 rings (SSSR count). The van der Waals surface area contributed by atoms with Gasteiger partial charge in [0.15, 0.2) is 0 Å². The fraction of sp³-hybridized carbons (Fsp3) is 1.00. The zero-order chi connectivity index (χ0) is 13.3. The van der Waals surface area contributed by atoms with Gasteiger partial charge >= 0.3 is 0 Å². The minimum absolute atomic E-state index is 0.374. The zero-order valence-corrected chi connectivity index (χ0v) is 13.5. The van der Waals surface area contributed by atoms with E-state index in [1.54, 1.807) is 0 Å². The number of piperazine rings is 1. The van der Waals surface area contributed by atoms with Crippen LogP contribution in [0, 0.1) is 11.8 Å². The van der Waals surface area contributed by atoms with Gasteiger partial charge in [0.25, 0.3) is 0 Å². The first-order valence-electron chi connectivity index (χ1n) is 7.45. The minimum Gasteiger partial charge on any atom is -0.311 e. The predicted molar refractivity (Wildman–Crippen MR) is 82.3 cm³/mol. The number of hydrogen-bond acceptors (Lipinski definition) is 3. The van der Waals surface area contributed by atoms with E-state index in [2.05, 4.69) is 44.2 Å². The van der Waals surface area contributed by atoms with Crippen molar-refractivity contribution in [1.82, 2.24) is 10.2 Å². The molecule has 2 aliphatic rings. The molecule has 0 aromatic heterocycles. The topological polar surface area (TPSA) is 15.3 Å². The second-order valence-corrected chi connectivity index (χ2v) is 8.57. The molecule has 18 heavy (non-hydrogen) atoms. The fourth-order valence-corrected chi connectivity index (χ4v) is 3.36. The van der Waals surface area contributed by atoms with E-state index in [0.29, 0.717) is 10.8 Å². The van der Waals surface area contributed by atoms with Gasteiger partial charge in [0.05, 0.1) is 0 Å². The number of nitrogens with zero attached hydrogens (tertiary/aromatic N) is 1. The molecule has 3 heteroatoms. The maximum Gasteiger partial charge on any atom is 0.0244 e. The van der Waals surface area contributed by atoms with E-state index in [-0.39, 0.29) is 0 Å². The minimum atomic E-state index is 0.374. The summed E-state index contributed by atoms with van der Waals surface area (Å²) in [5, 5.41) is 3.80. The van der Waals surface area contributed by atoms with Crippen molar-refractivity contribution in [3.63, 3.8) is 0 Å². The van der Waals surface area contributed by atoms with Crippen LogP contribution in [-0.2, 0) is 0 Å². The normalized spacial score (nSPS) is 31.0. The standard InChI is InChI=1S/C15H30N2S/c1-11(2)14-8-16-13(12-6-7-12)9-17(14)10-15(3,4)18-5/h11-14,16H,6-10H2,1-5H3. The Hall–Kier alpha value is 0.270. The Morgan fingerprint density at radius 2 is 2.00 bits per heavy atom. The molecule has 2 nitrogen and oxygen atoms in total. The van der Waals surface area contributed by atoms with Crippen LogP contribution in [0.1, 0.15) is 40.5 Å². The lowest BCUT2D eigenvalue weighted by molar-refractivity contribution is 0.0856.